The van der Waals surface area contributed by atoms with Gasteiger partial charge >= 0.3 is 0 Å². The molecule has 2 heterocycles. The van der Waals surface area contributed by atoms with E-state index < -0.39 is 0 Å². The number of hydrogen-bond donors (Lipinski definition) is 3. The van der Waals surface area contributed by atoms with Crippen molar-refractivity contribution in [3.8, 4) is 0 Å². The second-order valence-corrected chi connectivity index (χ2v) is 6.60. The highest BCUT2D eigenvalue weighted by atomic mass is 79.9. The molecule has 21 heavy (non-hydrogen) atoms. The van der Waals surface area contributed by atoms with Crippen molar-refractivity contribution in [2.75, 3.05) is 5.32 Å². The Morgan fingerprint density at radius 3 is 2.57 bits per heavy atom. The highest BCUT2D eigenvalue weighted by molar-refractivity contribution is 9.10. The standard InChI is InChI=1S/C15H10Br2N4/c16-8-1-3-11-10(5-8)14(7-18-11)21-15-19-12-4-2-9(17)6-13(12)20-15/h1-7,18H,(H2,19,20,21). The maximum absolute atomic E-state index is 4.56. The highest BCUT2D eigenvalue weighted by Gasteiger charge is 2.07. The summed E-state index contributed by atoms with van der Waals surface area (Å²) < 4.78 is 2.07. The van der Waals surface area contributed by atoms with E-state index in [1.54, 1.807) is 0 Å². The van der Waals surface area contributed by atoms with Crippen LogP contribution in [0.5, 0.6) is 0 Å². The van der Waals surface area contributed by atoms with E-state index in [1.807, 2.05) is 36.5 Å². The molecule has 0 bridgehead atoms. The zero-order valence-corrected chi connectivity index (χ0v) is 13.9. The van der Waals surface area contributed by atoms with E-state index in [4.69, 9.17) is 0 Å². The number of nitrogens with zero attached hydrogens (tertiary/aromatic N) is 1. The first-order chi connectivity index (χ1) is 10.2. The van der Waals surface area contributed by atoms with Gasteiger partial charge in [-0.2, -0.15) is 0 Å². The zero-order chi connectivity index (χ0) is 14.4. The molecule has 4 aromatic rings. The third kappa shape index (κ3) is 2.34. The van der Waals surface area contributed by atoms with Crippen LogP contribution in [-0.2, 0) is 0 Å². The van der Waals surface area contributed by atoms with Gasteiger partial charge < -0.3 is 15.3 Å². The van der Waals surface area contributed by atoms with Crippen LogP contribution in [0.1, 0.15) is 0 Å². The number of aromatic nitrogens is 3. The molecule has 0 spiro atoms. The highest BCUT2D eigenvalue weighted by Crippen LogP contribution is 2.29. The molecule has 0 unspecified atom stereocenters. The number of benzene rings is 2. The van der Waals surface area contributed by atoms with Crippen LogP contribution in [0.4, 0.5) is 11.6 Å². The monoisotopic (exact) mass is 404 g/mol. The molecule has 0 fully saturated rings. The maximum Gasteiger partial charge on any atom is 0.205 e. The van der Waals surface area contributed by atoms with Crippen molar-refractivity contribution in [2.45, 2.75) is 0 Å². The Balaban J connectivity index is 1.77. The number of fused-ring (bicyclic) bond motifs is 2. The van der Waals surface area contributed by atoms with Crippen LogP contribution in [0.2, 0.25) is 0 Å². The lowest BCUT2D eigenvalue weighted by Gasteiger charge is -2.00. The fourth-order valence-corrected chi connectivity index (χ4v) is 3.07. The molecule has 0 saturated heterocycles. The van der Waals surface area contributed by atoms with Gasteiger partial charge in [0.25, 0.3) is 0 Å². The van der Waals surface area contributed by atoms with Crippen molar-refractivity contribution in [3.05, 3.63) is 51.5 Å². The summed E-state index contributed by atoms with van der Waals surface area (Å²) in [7, 11) is 0. The predicted octanol–water partition coefficient (Wildman–Crippen LogP) is 5.31. The molecule has 104 valence electrons. The molecule has 3 N–H and O–H groups in total. The number of hydrogen-bond acceptors (Lipinski definition) is 2. The average molecular weight is 406 g/mol. The molecule has 0 saturated carbocycles. The summed E-state index contributed by atoms with van der Waals surface area (Å²) in [4.78, 5) is 11.1. The fourth-order valence-electron chi connectivity index (χ4n) is 2.36. The van der Waals surface area contributed by atoms with Crippen molar-refractivity contribution < 1.29 is 0 Å². The van der Waals surface area contributed by atoms with Gasteiger partial charge in [-0.05, 0) is 36.4 Å². The maximum atomic E-state index is 4.56. The topological polar surface area (TPSA) is 56.5 Å². The largest absolute Gasteiger partial charge is 0.359 e. The number of nitrogens with one attached hydrogen (secondary N) is 3. The molecule has 0 radical (unpaired) electrons. The van der Waals surface area contributed by atoms with Crippen LogP contribution < -0.4 is 5.32 Å². The van der Waals surface area contributed by atoms with Crippen LogP contribution in [0, 0.1) is 0 Å². The number of anilines is 2. The van der Waals surface area contributed by atoms with Gasteiger partial charge in [-0.1, -0.05) is 31.9 Å². The van der Waals surface area contributed by atoms with Gasteiger partial charge in [0.2, 0.25) is 5.95 Å². The molecule has 0 aliphatic carbocycles. The van der Waals surface area contributed by atoms with E-state index >= 15 is 0 Å². The first-order valence-electron chi connectivity index (χ1n) is 6.38. The molecule has 4 nitrogen and oxygen atoms in total. The van der Waals surface area contributed by atoms with Crippen molar-refractivity contribution in [2.24, 2.45) is 0 Å². The van der Waals surface area contributed by atoms with E-state index in [9.17, 15) is 0 Å². The predicted molar refractivity (Wildman–Crippen MR) is 93.1 cm³/mol. The molecule has 0 aliphatic rings. The lowest BCUT2D eigenvalue weighted by atomic mass is 10.2. The molecule has 0 aliphatic heterocycles. The summed E-state index contributed by atoms with van der Waals surface area (Å²) >= 11 is 6.96. The molecule has 0 atom stereocenters. The molecule has 2 aromatic carbocycles. The third-order valence-corrected chi connectivity index (χ3v) is 4.33. The number of rotatable bonds is 2. The van der Waals surface area contributed by atoms with Crippen LogP contribution in [0.25, 0.3) is 21.9 Å². The second kappa shape index (κ2) is 4.89. The van der Waals surface area contributed by atoms with Crippen molar-refractivity contribution in [1.29, 1.82) is 0 Å². The molecule has 0 amide bonds. The van der Waals surface area contributed by atoms with Crippen LogP contribution >= 0.6 is 31.9 Å². The minimum atomic E-state index is 0.726. The van der Waals surface area contributed by atoms with Crippen molar-refractivity contribution in [1.82, 2.24) is 15.0 Å². The van der Waals surface area contributed by atoms with Crippen LogP contribution in [0.3, 0.4) is 0 Å². The smallest absolute Gasteiger partial charge is 0.205 e. The summed E-state index contributed by atoms with van der Waals surface area (Å²) in [5.74, 6) is 0.726. The van der Waals surface area contributed by atoms with Gasteiger partial charge in [0, 0.05) is 26.0 Å². The Bertz CT molecular complexity index is 955. The van der Waals surface area contributed by atoms with E-state index in [0.717, 1.165) is 42.5 Å². The molecule has 6 heteroatoms. The van der Waals surface area contributed by atoms with Gasteiger partial charge in [-0.3, -0.25) is 0 Å². The van der Waals surface area contributed by atoms with E-state index in [1.165, 1.54) is 0 Å². The number of halogens is 2. The lowest BCUT2D eigenvalue weighted by Crippen LogP contribution is -1.90. The Labute approximate surface area is 137 Å². The summed E-state index contributed by atoms with van der Waals surface area (Å²) in [5, 5.41) is 4.45. The summed E-state index contributed by atoms with van der Waals surface area (Å²) in [6.45, 7) is 0. The Hall–Kier alpha value is -1.79. The number of imidazole rings is 1. The SMILES string of the molecule is Brc1ccc2[nH]c(Nc3c[nH]c4ccc(Br)cc34)nc2c1. The van der Waals surface area contributed by atoms with Gasteiger partial charge in [-0.15, -0.1) is 0 Å². The number of aromatic amines is 2. The summed E-state index contributed by atoms with van der Waals surface area (Å²) in [6.07, 6.45) is 1.94. The van der Waals surface area contributed by atoms with Gasteiger partial charge in [0.1, 0.15) is 0 Å². The minimum Gasteiger partial charge on any atom is -0.359 e. The van der Waals surface area contributed by atoms with E-state index in [0.29, 0.717) is 0 Å². The molecular weight excluding hydrogens is 396 g/mol. The first-order valence-corrected chi connectivity index (χ1v) is 7.96. The van der Waals surface area contributed by atoms with Crippen LogP contribution in [0.15, 0.2) is 51.5 Å². The Kier molecular flexibility index (Phi) is 3.01. The normalized spacial score (nSPS) is 11.3. The number of H-pyrrole nitrogens is 2. The Morgan fingerprint density at radius 1 is 0.952 bits per heavy atom. The minimum absolute atomic E-state index is 0.726. The Morgan fingerprint density at radius 2 is 1.71 bits per heavy atom. The van der Waals surface area contributed by atoms with Gasteiger partial charge in [0.05, 0.1) is 16.7 Å². The van der Waals surface area contributed by atoms with Crippen LogP contribution in [-0.4, -0.2) is 15.0 Å². The average Bonchev–Trinajstić information content (AvgIpc) is 3.02. The molecule has 4 rings (SSSR count). The summed E-state index contributed by atoms with van der Waals surface area (Å²) in [6, 6.07) is 12.1. The van der Waals surface area contributed by atoms with E-state index in [-0.39, 0.29) is 0 Å². The van der Waals surface area contributed by atoms with Gasteiger partial charge in [0.15, 0.2) is 0 Å². The summed E-state index contributed by atoms with van der Waals surface area (Å²) in [5.41, 5.74) is 4.00. The molecular formula is C15H10Br2N4. The van der Waals surface area contributed by atoms with Gasteiger partial charge in [-0.25, -0.2) is 4.98 Å². The molecule has 2 aromatic heterocycles. The van der Waals surface area contributed by atoms with Crippen molar-refractivity contribution >= 4 is 65.4 Å². The lowest BCUT2D eigenvalue weighted by molar-refractivity contribution is 1.31. The second-order valence-electron chi connectivity index (χ2n) is 4.76. The zero-order valence-electron chi connectivity index (χ0n) is 10.7. The fraction of sp³-hybridized carbons (Fsp3) is 0. The third-order valence-electron chi connectivity index (χ3n) is 3.34. The van der Waals surface area contributed by atoms with E-state index in [2.05, 4.69) is 58.2 Å². The first kappa shape index (κ1) is 12.9. The van der Waals surface area contributed by atoms with Crippen molar-refractivity contribution in [3.63, 3.8) is 0 Å². The quantitative estimate of drug-likeness (QED) is 0.423.